The van der Waals surface area contributed by atoms with Gasteiger partial charge < -0.3 is 9.73 Å². The zero-order valence-electron chi connectivity index (χ0n) is 13.1. The summed E-state index contributed by atoms with van der Waals surface area (Å²) in [6, 6.07) is 8.17. The number of hydrogen-bond donors (Lipinski definition) is 1. The quantitative estimate of drug-likeness (QED) is 0.695. The lowest BCUT2D eigenvalue weighted by Gasteiger charge is -2.16. The predicted octanol–water partition coefficient (Wildman–Crippen LogP) is 4.37. The second-order valence-electron chi connectivity index (χ2n) is 6.01. The molecule has 114 valence electrons. The van der Waals surface area contributed by atoms with Crippen molar-refractivity contribution in [1.82, 2.24) is 10.3 Å². The summed E-state index contributed by atoms with van der Waals surface area (Å²) < 4.78 is 5.61. The molecule has 1 atom stereocenters. The Morgan fingerprint density at radius 3 is 2.71 bits per heavy atom. The molecule has 0 fully saturated rings. The molecule has 0 aromatic carbocycles. The summed E-state index contributed by atoms with van der Waals surface area (Å²) >= 11 is 0. The molecule has 0 saturated carbocycles. The third-order valence-corrected chi connectivity index (χ3v) is 3.76. The molecule has 0 aliphatic rings. The normalized spacial score (nSPS) is 12.7. The molecule has 21 heavy (non-hydrogen) atoms. The first-order valence-electron chi connectivity index (χ1n) is 7.88. The molecular weight excluding hydrogens is 260 g/mol. The maximum Gasteiger partial charge on any atom is 0.106 e. The predicted molar refractivity (Wildman–Crippen MR) is 86.1 cm³/mol. The van der Waals surface area contributed by atoms with Crippen molar-refractivity contribution in [3.05, 3.63) is 54.2 Å². The van der Waals surface area contributed by atoms with Gasteiger partial charge in [-0.1, -0.05) is 26.3 Å². The lowest BCUT2D eigenvalue weighted by molar-refractivity contribution is 0.397. The van der Waals surface area contributed by atoms with Gasteiger partial charge in [0.25, 0.3) is 0 Å². The standard InChI is InChI=1S/C18H26N2O/c1-15(2)7-8-17(18-6-4-12-21-18)9-11-20-14-16-5-3-10-19-13-16/h3-6,10,12-13,15,17,20H,7-9,11,14H2,1-2H3. The van der Waals surface area contributed by atoms with E-state index in [0.717, 1.165) is 31.2 Å². The Labute approximate surface area is 127 Å². The van der Waals surface area contributed by atoms with Crippen molar-refractivity contribution in [3.63, 3.8) is 0 Å². The van der Waals surface area contributed by atoms with E-state index in [2.05, 4.69) is 36.3 Å². The molecule has 2 heterocycles. The Bertz CT molecular complexity index is 479. The van der Waals surface area contributed by atoms with Gasteiger partial charge in [0.2, 0.25) is 0 Å². The van der Waals surface area contributed by atoms with E-state index in [1.54, 1.807) is 6.26 Å². The molecule has 0 bridgehead atoms. The van der Waals surface area contributed by atoms with Gasteiger partial charge >= 0.3 is 0 Å². The van der Waals surface area contributed by atoms with Crippen molar-refractivity contribution < 1.29 is 4.42 Å². The number of rotatable bonds is 9. The Morgan fingerprint density at radius 1 is 1.14 bits per heavy atom. The van der Waals surface area contributed by atoms with E-state index in [0.29, 0.717) is 5.92 Å². The van der Waals surface area contributed by atoms with Crippen molar-refractivity contribution in [2.45, 2.75) is 45.6 Å². The fraction of sp³-hybridized carbons (Fsp3) is 0.500. The lowest BCUT2D eigenvalue weighted by Crippen LogP contribution is -2.17. The maximum atomic E-state index is 5.61. The molecule has 2 aromatic heterocycles. The number of hydrogen-bond acceptors (Lipinski definition) is 3. The van der Waals surface area contributed by atoms with Crippen molar-refractivity contribution in [1.29, 1.82) is 0 Å². The van der Waals surface area contributed by atoms with Crippen LogP contribution in [0.15, 0.2) is 47.3 Å². The first kappa shape index (κ1) is 15.8. The average molecular weight is 286 g/mol. The number of nitrogens with one attached hydrogen (secondary N) is 1. The first-order valence-corrected chi connectivity index (χ1v) is 7.88. The van der Waals surface area contributed by atoms with Crippen LogP contribution in [0.2, 0.25) is 0 Å². The molecule has 2 rings (SSSR count). The summed E-state index contributed by atoms with van der Waals surface area (Å²) in [6.45, 7) is 6.43. The van der Waals surface area contributed by atoms with Gasteiger partial charge in [0.15, 0.2) is 0 Å². The van der Waals surface area contributed by atoms with Gasteiger partial charge in [-0.15, -0.1) is 0 Å². The van der Waals surface area contributed by atoms with Gasteiger partial charge in [-0.2, -0.15) is 0 Å². The fourth-order valence-electron chi connectivity index (χ4n) is 2.50. The van der Waals surface area contributed by atoms with E-state index >= 15 is 0 Å². The Kier molecular flexibility index (Phi) is 6.48. The smallest absolute Gasteiger partial charge is 0.106 e. The van der Waals surface area contributed by atoms with E-state index < -0.39 is 0 Å². The average Bonchev–Trinajstić information content (AvgIpc) is 3.01. The van der Waals surface area contributed by atoms with Crippen molar-refractivity contribution in [2.24, 2.45) is 5.92 Å². The third kappa shape index (κ3) is 5.72. The van der Waals surface area contributed by atoms with Crippen LogP contribution in [-0.2, 0) is 6.54 Å². The lowest BCUT2D eigenvalue weighted by atomic mass is 9.93. The summed E-state index contributed by atoms with van der Waals surface area (Å²) in [5, 5.41) is 3.50. The number of furan rings is 1. The van der Waals surface area contributed by atoms with Gasteiger partial charge in [0.05, 0.1) is 6.26 Å². The molecule has 3 nitrogen and oxygen atoms in total. The monoisotopic (exact) mass is 286 g/mol. The van der Waals surface area contributed by atoms with E-state index in [4.69, 9.17) is 4.42 Å². The highest BCUT2D eigenvalue weighted by Gasteiger charge is 2.14. The van der Waals surface area contributed by atoms with Crippen LogP contribution in [0.25, 0.3) is 0 Å². The summed E-state index contributed by atoms with van der Waals surface area (Å²) in [7, 11) is 0. The SMILES string of the molecule is CC(C)CCC(CCNCc1cccnc1)c1ccco1. The van der Waals surface area contributed by atoms with Crippen LogP contribution in [-0.4, -0.2) is 11.5 Å². The van der Waals surface area contributed by atoms with Crippen molar-refractivity contribution in [2.75, 3.05) is 6.54 Å². The highest BCUT2D eigenvalue weighted by atomic mass is 16.3. The van der Waals surface area contributed by atoms with Crippen LogP contribution in [0.4, 0.5) is 0 Å². The number of nitrogens with zero attached hydrogens (tertiary/aromatic N) is 1. The van der Waals surface area contributed by atoms with Crippen LogP contribution < -0.4 is 5.32 Å². The molecule has 0 aliphatic heterocycles. The fourth-order valence-corrected chi connectivity index (χ4v) is 2.50. The molecule has 3 heteroatoms. The van der Waals surface area contributed by atoms with E-state index in [-0.39, 0.29) is 0 Å². The molecule has 2 aromatic rings. The van der Waals surface area contributed by atoms with Gasteiger partial charge in [0, 0.05) is 24.9 Å². The zero-order chi connectivity index (χ0) is 14.9. The van der Waals surface area contributed by atoms with Gasteiger partial charge in [0.1, 0.15) is 5.76 Å². The minimum absolute atomic E-state index is 0.517. The first-order chi connectivity index (χ1) is 10.3. The highest BCUT2D eigenvalue weighted by molar-refractivity contribution is 5.08. The zero-order valence-corrected chi connectivity index (χ0v) is 13.1. The highest BCUT2D eigenvalue weighted by Crippen LogP contribution is 2.26. The van der Waals surface area contributed by atoms with E-state index in [1.165, 1.54) is 18.4 Å². The molecule has 0 spiro atoms. The second-order valence-corrected chi connectivity index (χ2v) is 6.01. The van der Waals surface area contributed by atoms with Crippen LogP contribution in [0.3, 0.4) is 0 Å². The number of pyridine rings is 1. The van der Waals surface area contributed by atoms with Crippen LogP contribution >= 0.6 is 0 Å². The molecule has 1 N–H and O–H groups in total. The largest absolute Gasteiger partial charge is 0.469 e. The van der Waals surface area contributed by atoms with Gasteiger partial charge in [-0.05, 0) is 49.1 Å². The van der Waals surface area contributed by atoms with Gasteiger partial charge in [-0.3, -0.25) is 4.98 Å². The Balaban J connectivity index is 1.76. The van der Waals surface area contributed by atoms with E-state index in [1.807, 2.05) is 24.5 Å². The van der Waals surface area contributed by atoms with Crippen molar-refractivity contribution >= 4 is 0 Å². The molecule has 0 radical (unpaired) electrons. The van der Waals surface area contributed by atoms with Crippen molar-refractivity contribution in [3.8, 4) is 0 Å². The molecule has 0 saturated heterocycles. The van der Waals surface area contributed by atoms with Crippen LogP contribution in [0.5, 0.6) is 0 Å². The topological polar surface area (TPSA) is 38.1 Å². The van der Waals surface area contributed by atoms with Crippen LogP contribution in [0.1, 0.15) is 50.4 Å². The Hall–Kier alpha value is -1.61. The summed E-state index contributed by atoms with van der Waals surface area (Å²) in [4.78, 5) is 4.13. The molecule has 0 amide bonds. The minimum Gasteiger partial charge on any atom is -0.469 e. The summed E-state index contributed by atoms with van der Waals surface area (Å²) in [5.74, 6) is 2.38. The second kappa shape index (κ2) is 8.63. The summed E-state index contributed by atoms with van der Waals surface area (Å²) in [6.07, 6.45) is 9.05. The molecular formula is C18H26N2O. The Morgan fingerprint density at radius 2 is 2.05 bits per heavy atom. The maximum absolute atomic E-state index is 5.61. The molecule has 1 unspecified atom stereocenters. The third-order valence-electron chi connectivity index (χ3n) is 3.76. The molecule has 0 aliphatic carbocycles. The van der Waals surface area contributed by atoms with Crippen LogP contribution in [0, 0.1) is 5.92 Å². The number of aromatic nitrogens is 1. The van der Waals surface area contributed by atoms with E-state index in [9.17, 15) is 0 Å². The minimum atomic E-state index is 0.517. The summed E-state index contributed by atoms with van der Waals surface area (Å²) in [5.41, 5.74) is 1.23. The van der Waals surface area contributed by atoms with Gasteiger partial charge in [-0.25, -0.2) is 0 Å².